The third-order valence-corrected chi connectivity index (χ3v) is 2.51. The van der Waals surface area contributed by atoms with Crippen LogP contribution in [0.5, 0.6) is 5.75 Å². The van der Waals surface area contributed by atoms with Crippen molar-refractivity contribution in [1.82, 2.24) is 0 Å². The summed E-state index contributed by atoms with van der Waals surface area (Å²) in [5, 5.41) is 9.58. The maximum Gasteiger partial charge on any atom is 0.274 e. The number of alkyl halides is 2. The summed E-state index contributed by atoms with van der Waals surface area (Å²) in [6.07, 6.45) is -0.836. The van der Waals surface area contributed by atoms with Gasteiger partial charge in [0.15, 0.2) is 0 Å². The van der Waals surface area contributed by atoms with E-state index in [-0.39, 0.29) is 11.3 Å². The average molecular weight is 230 g/mol. The molecule has 1 atom stereocenters. The van der Waals surface area contributed by atoms with Gasteiger partial charge in [-0.05, 0) is 25.5 Å². The maximum atomic E-state index is 13.3. The minimum absolute atomic E-state index is 0.0718. The SMILES string of the molecule is COc1c(C(C)(F)F)ccc(C)c1C(C)O. The third-order valence-electron chi connectivity index (χ3n) is 2.51. The van der Waals surface area contributed by atoms with Crippen LogP contribution in [-0.4, -0.2) is 12.2 Å². The molecule has 0 aromatic heterocycles. The number of aliphatic hydroxyl groups is 1. The van der Waals surface area contributed by atoms with E-state index in [0.29, 0.717) is 5.56 Å². The van der Waals surface area contributed by atoms with E-state index in [1.807, 2.05) is 0 Å². The zero-order chi connectivity index (χ0) is 12.5. The van der Waals surface area contributed by atoms with Crippen LogP contribution >= 0.6 is 0 Å². The first-order chi connectivity index (χ1) is 7.29. The van der Waals surface area contributed by atoms with E-state index in [9.17, 15) is 13.9 Å². The summed E-state index contributed by atoms with van der Waals surface area (Å²) < 4.78 is 31.6. The fourth-order valence-corrected chi connectivity index (χ4v) is 1.78. The molecule has 0 saturated heterocycles. The van der Waals surface area contributed by atoms with E-state index in [2.05, 4.69) is 0 Å². The second-order valence-electron chi connectivity index (χ2n) is 3.94. The Morgan fingerprint density at radius 2 is 1.94 bits per heavy atom. The minimum Gasteiger partial charge on any atom is -0.496 e. The molecule has 0 heterocycles. The van der Waals surface area contributed by atoms with E-state index < -0.39 is 12.0 Å². The molecule has 0 amide bonds. The Balaban J connectivity index is 3.49. The molecule has 2 nitrogen and oxygen atoms in total. The number of aryl methyl sites for hydroxylation is 1. The van der Waals surface area contributed by atoms with E-state index in [0.717, 1.165) is 12.5 Å². The number of benzene rings is 1. The second-order valence-corrected chi connectivity index (χ2v) is 3.94. The van der Waals surface area contributed by atoms with Crippen LogP contribution in [0.1, 0.15) is 36.6 Å². The zero-order valence-corrected chi connectivity index (χ0v) is 9.84. The molecule has 0 radical (unpaired) electrons. The van der Waals surface area contributed by atoms with Crippen molar-refractivity contribution in [3.63, 3.8) is 0 Å². The molecular formula is C12H16F2O2. The van der Waals surface area contributed by atoms with Crippen LogP contribution in [0.4, 0.5) is 8.78 Å². The smallest absolute Gasteiger partial charge is 0.274 e. The van der Waals surface area contributed by atoms with Crippen molar-refractivity contribution < 1.29 is 18.6 Å². The molecule has 16 heavy (non-hydrogen) atoms. The van der Waals surface area contributed by atoms with E-state index >= 15 is 0 Å². The molecule has 0 aliphatic rings. The summed E-state index contributed by atoms with van der Waals surface area (Å²) in [5.74, 6) is -2.91. The van der Waals surface area contributed by atoms with Gasteiger partial charge in [-0.15, -0.1) is 0 Å². The zero-order valence-electron chi connectivity index (χ0n) is 9.84. The Bertz CT molecular complexity index is 381. The molecule has 0 saturated carbocycles. The van der Waals surface area contributed by atoms with Crippen molar-refractivity contribution in [3.8, 4) is 5.75 Å². The van der Waals surface area contributed by atoms with E-state index in [1.54, 1.807) is 13.0 Å². The first kappa shape index (κ1) is 12.9. The Kier molecular flexibility index (Phi) is 3.53. The molecule has 1 aromatic rings. The summed E-state index contributed by atoms with van der Waals surface area (Å²) in [4.78, 5) is 0. The molecule has 1 N–H and O–H groups in total. The maximum absolute atomic E-state index is 13.3. The highest BCUT2D eigenvalue weighted by Gasteiger charge is 2.31. The number of halogens is 2. The fourth-order valence-electron chi connectivity index (χ4n) is 1.78. The summed E-state index contributed by atoms with van der Waals surface area (Å²) >= 11 is 0. The lowest BCUT2D eigenvalue weighted by Crippen LogP contribution is -2.12. The largest absolute Gasteiger partial charge is 0.496 e. The lowest BCUT2D eigenvalue weighted by atomic mass is 9.97. The van der Waals surface area contributed by atoms with Crippen LogP contribution in [0, 0.1) is 6.92 Å². The third kappa shape index (κ3) is 2.32. The highest BCUT2D eigenvalue weighted by Crippen LogP contribution is 2.40. The van der Waals surface area contributed by atoms with Gasteiger partial charge in [0.25, 0.3) is 5.92 Å². The lowest BCUT2D eigenvalue weighted by molar-refractivity contribution is 0.0146. The van der Waals surface area contributed by atoms with Gasteiger partial charge in [-0.25, -0.2) is 8.78 Å². The average Bonchev–Trinajstić information content (AvgIpc) is 2.14. The van der Waals surface area contributed by atoms with Gasteiger partial charge in [0.2, 0.25) is 0 Å². The van der Waals surface area contributed by atoms with Crippen molar-refractivity contribution in [2.24, 2.45) is 0 Å². The molecular weight excluding hydrogens is 214 g/mol. The number of hydrogen-bond donors (Lipinski definition) is 1. The van der Waals surface area contributed by atoms with E-state index in [1.165, 1.54) is 20.1 Å². The van der Waals surface area contributed by atoms with Crippen LogP contribution in [0.25, 0.3) is 0 Å². The quantitative estimate of drug-likeness (QED) is 0.864. The number of ether oxygens (including phenoxy) is 1. The summed E-state index contributed by atoms with van der Waals surface area (Å²) in [5.41, 5.74) is 0.956. The Morgan fingerprint density at radius 1 is 1.38 bits per heavy atom. The predicted octanol–water partition coefficient (Wildman–Crippen LogP) is 3.17. The van der Waals surface area contributed by atoms with Crippen molar-refractivity contribution in [3.05, 3.63) is 28.8 Å². The molecule has 0 aliphatic carbocycles. The van der Waals surface area contributed by atoms with Crippen molar-refractivity contribution in [2.45, 2.75) is 32.8 Å². The molecule has 0 aliphatic heterocycles. The van der Waals surface area contributed by atoms with Gasteiger partial charge in [0.05, 0.1) is 18.8 Å². The summed E-state index contributed by atoms with van der Waals surface area (Å²) in [6.45, 7) is 4.09. The van der Waals surface area contributed by atoms with Crippen LogP contribution in [-0.2, 0) is 5.92 Å². The Hall–Kier alpha value is -1.16. The molecule has 90 valence electrons. The number of aliphatic hydroxyl groups excluding tert-OH is 1. The topological polar surface area (TPSA) is 29.5 Å². The van der Waals surface area contributed by atoms with Gasteiger partial charge in [0.1, 0.15) is 5.75 Å². The van der Waals surface area contributed by atoms with Crippen LogP contribution in [0.2, 0.25) is 0 Å². The molecule has 4 heteroatoms. The monoisotopic (exact) mass is 230 g/mol. The first-order valence-corrected chi connectivity index (χ1v) is 5.03. The molecule has 1 unspecified atom stereocenters. The molecule has 0 fully saturated rings. The van der Waals surface area contributed by atoms with Crippen LogP contribution in [0.3, 0.4) is 0 Å². The van der Waals surface area contributed by atoms with Gasteiger partial charge < -0.3 is 9.84 Å². The van der Waals surface area contributed by atoms with Crippen LogP contribution in [0.15, 0.2) is 12.1 Å². The minimum atomic E-state index is -2.98. The molecule has 0 spiro atoms. The van der Waals surface area contributed by atoms with Crippen LogP contribution < -0.4 is 4.74 Å². The normalized spacial score (nSPS) is 13.7. The van der Waals surface area contributed by atoms with Gasteiger partial charge in [0, 0.05) is 12.5 Å². The van der Waals surface area contributed by atoms with Gasteiger partial charge in [-0.3, -0.25) is 0 Å². The van der Waals surface area contributed by atoms with Crippen molar-refractivity contribution >= 4 is 0 Å². The molecule has 0 bridgehead atoms. The Morgan fingerprint density at radius 3 is 2.31 bits per heavy atom. The van der Waals surface area contributed by atoms with Gasteiger partial charge in [-0.1, -0.05) is 6.07 Å². The second kappa shape index (κ2) is 4.37. The number of methoxy groups -OCH3 is 1. The summed E-state index contributed by atoms with van der Waals surface area (Å²) in [7, 11) is 1.33. The fraction of sp³-hybridized carbons (Fsp3) is 0.500. The van der Waals surface area contributed by atoms with Crippen molar-refractivity contribution in [1.29, 1.82) is 0 Å². The standard InChI is InChI=1S/C12H16F2O2/c1-7-5-6-9(12(3,13)14)11(16-4)10(7)8(2)15/h5-6,8,15H,1-4H3. The predicted molar refractivity (Wildman–Crippen MR) is 57.9 cm³/mol. The number of rotatable bonds is 3. The van der Waals surface area contributed by atoms with Crippen molar-refractivity contribution in [2.75, 3.05) is 7.11 Å². The Labute approximate surface area is 93.9 Å². The molecule has 1 rings (SSSR count). The first-order valence-electron chi connectivity index (χ1n) is 5.03. The highest BCUT2D eigenvalue weighted by molar-refractivity contribution is 5.48. The molecule has 1 aromatic carbocycles. The lowest BCUT2D eigenvalue weighted by Gasteiger charge is -2.21. The van der Waals surface area contributed by atoms with Gasteiger partial charge >= 0.3 is 0 Å². The van der Waals surface area contributed by atoms with E-state index in [4.69, 9.17) is 4.74 Å². The highest BCUT2D eigenvalue weighted by atomic mass is 19.3. The number of hydrogen-bond acceptors (Lipinski definition) is 2. The summed E-state index contributed by atoms with van der Waals surface area (Å²) in [6, 6.07) is 2.90. The van der Waals surface area contributed by atoms with Gasteiger partial charge in [-0.2, -0.15) is 0 Å².